The van der Waals surface area contributed by atoms with Crippen LogP contribution in [-0.2, 0) is 4.79 Å². The van der Waals surface area contributed by atoms with Gasteiger partial charge in [0.05, 0.1) is 11.5 Å². The SMILES string of the molecule is CCC(NCC1(O)CCC(C(=O)O)CC1)c1ccccc1. The maximum Gasteiger partial charge on any atom is 0.306 e. The summed E-state index contributed by atoms with van der Waals surface area (Å²) < 4.78 is 0. The molecule has 1 aromatic carbocycles. The Kier molecular flexibility index (Phi) is 5.37. The van der Waals surface area contributed by atoms with Crippen molar-refractivity contribution in [3.63, 3.8) is 0 Å². The van der Waals surface area contributed by atoms with Gasteiger partial charge >= 0.3 is 5.97 Å². The Hall–Kier alpha value is -1.39. The van der Waals surface area contributed by atoms with Crippen LogP contribution in [0.25, 0.3) is 0 Å². The van der Waals surface area contributed by atoms with E-state index in [0.717, 1.165) is 6.42 Å². The second-order valence-corrected chi connectivity index (χ2v) is 6.09. The predicted molar refractivity (Wildman–Crippen MR) is 82.0 cm³/mol. The van der Waals surface area contributed by atoms with Crippen molar-refractivity contribution in [1.82, 2.24) is 5.32 Å². The molecule has 1 unspecified atom stereocenters. The number of aliphatic carboxylic acids is 1. The summed E-state index contributed by atoms with van der Waals surface area (Å²) in [5.74, 6) is -1.03. The molecule has 4 heteroatoms. The number of rotatable bonds is 6. The molecule has 0 aliphatic heterocycles. The van der Waals surface area contributed by atoms with Gasteiger partial charge in [0.15, 0.2) is 0 Å². The Morgan fingerprint density at radius 3 is 2.48 bits per heavy atom. The smallest absolute Gasteiger partial charge is 0.306 e. The van der Waals surface area contributed by atoms with Gasteiger partial charge in [-0.3, -0.25) is 4.79 Å². The minimum Gasteiger partial charge on any atom is -0.481 e. The van der Waals surface area contributed by atoms with Crippen LogP contribution in [0.15, 0.2) is 30.3 Å². The third-order valence-corrected chi connectivity index (χ3v) is 4.55. The molecule has 0 amide bonds. The summed E-state index contributed by atoms with van der Waals surface area (Å²) in [7, 11) is 0. The van der Waals surface area contributed by atoms with Crippen molar-refractivity contribution in [2.75, 3.05) is 6.54 Å². The van der Waals surface area contributed by atoms with E-state index in [1.165, 1.54) is 5.56 Å². The standard InChI is InChI=1S/C17H25NO3/c1-2-15(13-6-4-3-5-7-13)18-12-17(21)10-8-14(9-11-17)16(19)20/h3-7,14-15,18,21H,2,8-12H2,1H3,(H,19,20). The van der Waals surface area contributed by atoms with E-state index >= 15 is 0 Å². The quantitative estimate of drug-likeness (QED) is 0.754. The molecule has 1 atom stereocenters. The van der Waals surface area contributed by atoms with E-state index in [1.807, 2.05) is 18.2 Å². The minimum absolute atomic E-state index is 0.229. The number of nitrogens with one attached hydrogen (secondary N) is 1. The van der Waals surface area contributed by atoms with Crippen LogP contribution in [0, 0.1) is 5.92 Å². The highest BCUT2D eigenvalue weighted by Crippen LogP contribution is 2.32. The monoisotopic (exact) mass is 291 g/mol. The summed E-state index contributed by atoms with van der Waals surface area (Å²) in [5, 5.41) is 23.1. The van der Waals surface area contributed by atoms with Gasteiger partial charge in [0, 0.05) is 12.6 Å². The molecule has 0 heterocycles. The fraction of sp³-hybridized carbons (Fsp3) is 0.588. The van der Waals surface area contributed by atoms with Gasteiger partial charge < -0.3 is 15.5 Å². The summed E-state index contributed by atoms with van der Waals surface area (Å²) in [6, 6.07) is 10.4. The van der Waals surface area contributed by atoms with Gasteiger partial charge in [-0.25, -0.2) is 0 Å². The lowest BCUT2D eigenvalue weighted by molar-refractivity contribution is -0.144. The van der Waals surface area contributed by atoms with Crippen molar-refractivity contribution < 1.29 is 15.0 Å². The number of carboxylic acids is 1. The second-order valence-electron chi connectivity index (χ2n) is 6.09. The molecule has 0 bridgehead atoms. The lowest BCUT2D eigenvalue weighted by Crippen LogP contribution is -2.45. The molecule has 0 radical (unpaired) electrons. The van der Waals surface area contributed by atoms with E-state index in [9.17, 15) is 9.90 Å². The van der Waals surface area contributed by atoms with E-state index in [2.05, 4.69) is 24.4 Å². The number of benzene rings is 1. The third-order valence-electron chi connectivity index (χ3n) is 4.55. The summed E-state index contributed by atoms with van der Waals surface area (Å²) in [4.78, 5) is 11.0. The van der Waals surface area contributed by atoms with Gasteiger partial charge in [-0.2, -0.15) is 0 Å². The Labute approximate surface area is 126 Å². The van der Waals surface area contributed by atoms with Crippen LogP contribution in [0.5, 0.6) is 0 Å². The highest BCUT2D eigenvalue weighted by Gasteiger charge is 2.35. The van der Waals surface area contributed by atoms with Crippen LogP contribution in [0.1, 0.15) is 50.6 Å². The van der Waals surface area contributed by atoms with Crippen molar-refractivity contribution in [3.8, 4) is 0 Å². The third kappa shape index (κ3) is 4.29. The second kappa shape index (κ2) is 7.05. The summed E-state index contributed by atoms with van der Waals surface area (Å²) in [6.45, 7) is 2.64. The average molecular weight is 291 g/mol. The normalized spacial score (nSPS) is 27.2. The molecule has 3 N–H and O–H groups in total. The predicted octanol–water partition coefficient (Wildman–Crippen LogP) is 2.73. The van der Waals surface area contributed by atoms with Gasteiger partial charge in [0.25, 0.3) is 0 Å². The van der Waals surface area contributed by atoms with Crippen molar-refractivity contribution >= 4 is 5.97 Å². The fourth-order valence-electron chi connectivity index (χ4n) is 3.08. The van der Waals surface area contributed by atoms with Crippen molar-refractivity contribution in [1.29, 1.82) is 0 Å². The molecule has 1 saturated carbocycles. The van der Waals surface area contributed by atoms with Crippen LogP contribution >= 0.6 is 0 Å². The molecule has 4 nitrogen and oxygen atoms in total. The molecule has 1 aliphatic carbocycles. The Morgan fingerprint density at radius 1 is 1.33 bits per heavy atom. The number of aliphatic hydroxyl groups is 1. The molecule has 0 spiro atoms. The van der Waals surface area contributed by atoms with E-state index in [-0.39, 0.29) is 12.0 Å². The molecular weight excluding hydrogens is 266 g/mol. The van der Waals surface area contributed by atoms with Gasteiger partial charge in [0.2, 0.25) is 0 Å². The van der Waals surface area contributed by atoms with E-state index in [1.54, 1.807) is 0 Å². The van der Waals surface area contributed by atoms with E-state index < -0.39 is 11.6 Å². The summed E-state index contributed by atoms with van der Waals surface area (Å²) in [5.41, 5.74) is 0.455. The maximum atomic E-state index is 11.0. The van der Waals surface area contributed by atoms with Crippen LogP contribution in [-0.4, -0.2) is 28.3 Å². The number of hydrogen-bond acceptors (Lipinski definition) is 3. The van der Waals surface area contributed by atoms with Crippen LogP contribution < -0.4 is 5.32 Å². The largest absolute Gasteiger partial charge is 0.481 e. The highest BCUT2D eigenvalue weighted by atomic mass is 16.4. The molecule has 21 heavy (non-hydrogen) atoms. The molecule has 1 fully saturated rings. The number of carbonyl (C=O) groups is 1. The number of carboxylic acid groups (broad SMARTS) is 1. The lowest BCUT2D eigenvalue weighted by atomic mass is 9.78. The molecule has 0 aromatic heterocycles. The van der Waals surface area contributed by atoms with Crippen LogP contribution in [0.4, 0.5) is 0 Å². The fourth-order valence-corrected chi connectivity index (χ4v) is 3.08. The number of hydrogen-bond donors (Lipinski definition) is 3. The first-order valence-electron chi connectivity index (χ1n) is 7.77. The topological polar surface area (TPSA) is 69.6 Å². The lowest BCUT2D eigenvalue weighted by Gasteiger charge is -2.36. The summed E-state index contributed by atoms with van der Waals surface area (Å²) in [6.07, 6.45) is 3.20. The minimum atomic E-state index is -0.770. The maximum absolute atomic E-state index is 11.0. The van der Waals surface area contributed by atoms with Gasteiger partial charge in [0.1, 0.15) is 0 Å². The summed E-state index contributed by atoms with van der Waals surface area (Å²) >= 11 is 0. The Balaban J connectivity index is 1.88. The first-order chi connectivity index (χ1) is 10.0. The van der Waals surface area contributed by atoms with Gasteiger partial charge in [-0.15, -0.1) is 0 Å². The molecule has 116 valence electrons. The molecule has 2 rings (SSSR count). The van der Waals surface area contributed by atoms with E-state index in [4.69, 9.17) is 5.11 Å². The van der Waals surface area contributed by atoms with Gasteiger partial charge in [-0.1, -0.05) is 37.3 Å². The molecule has 0 saturated heterocycles. The Bertz CT molecular complexity index is 452. The van der Waals surface area contributed by atoms with E-state index in [0.29, 0.717) is 32.2 Å². The first-order valence-corrected chi connectivity index (χ1v) is 7.77. The van der Waals surface area contributed by atoms with Crippen molar-refractivity contribution in [2.24, 2.45) is 5.92 Å². The molecule has 1 aliphatic rings. The first kappa shape index (κ1) is 16.0. The highest BCUT2D eigenvalue weighted by molar-refractivity contribution is 5.70. The van der Waals surface area contributed by atoms with Crippen LogP contribution in [0.2, 0.25) is 0 Å². The Morgan fingerprint density at radius 2 is 1.95 bits per heavy atom. The van der Waals surface area contributed by atoms with Gasteiger partial charge in [-0.05, 0) is 37.7 Å². The molecule has 1 aromatic rings. The van der Waals surface area contributed by atoms with Crippen LogP contribution in [0.3, 0.4) is 0 Å². The van der Waals surface area contributed by atoms with Crippen molar-refractivity contribution in [3.05, 3.63) is 35.9 Å². The molecular formula is C17H25NO3. The zero-order chi connectivity index (χ0) is 15.3. The van der Waals surface area contributed by atoms with Crippen molar-refractivity contribution in [2.45, 2.75) is 50.7 Å². The zero-order valence-corrected chi connectivity index (χ0v) is 12.6. The average Bonchev–Trinajstić information content (AvgIpc) is 2.49. The zero-order valence-electron chi connectivity index (χ0n) is 12.6.